The number of piperidine rings is 1. The minimum absolute atomic E-state index is 0.0113. The molecule has 0 spiro atoms. The maximum atomic E-state index is 13.0. The lowest BCUT2D eigenvalue weighted by atomic mass is 10.0. The monoisotopic (exact) mass is 391 g/mol. The standard InChI is InChI=1S/C19H22FN3O3S/c1-21-16-9-11-23(12-10-16)19(24)14-3-2-4-18(13-14)27(25,26)22-17-7-5-15(20)6-8-17/h2-8,13,16,21-22H,9-12H2,1H3. The summed E-state index contributed by atoms with van der Waals surface area (Å²) in [4.78, 5) is 14.5. The van der Waals surface area contributed by atoms with Crippen LogP contribution in [0, 0.1) is 5.82 Å². The molecule has 0 unspecified atom stereocenters. The predicted octanol–water partition coefficient (Wildman–Crippen LogP) is 2.45. The summed E-state index contributed by atoms with van der Waals surface area (Å²) in [5.41, 5.74) is 0.585. The molecular weight excluding hydrogens is 369 g/mol. The molecule has 2 N–H and O–H groups in total. The molecule has 1 fully saturated rings. The number of carbonyl (C=O) groups is 1. The van der Waals surface area contributed by atoms with Crippen LogP contribution in [-0.4, -0.2) is 45.4 Å². The van der Waals surface area contributed by atoms with Crippen LogP contribution in [0.4, 0.5) is 10.1 Å². The second kappa shape index (κ2) is 8.06. The van der Waals surface area contributed by atoms with E-state index in [2.05, 4.69) is 10.0 Å². The third-order valence-corrected chi connectivity index (χ3v) is 6.06. The fraction of sp³-hybridized carbons (Fsp3) is 0.316. The van der Waals surface area contributed by atoms with Gasteiger partial charge in [0.2, 0.25) is 0 Å². The minimum Gasteiger partial charge on any atom is -0.339 e. The van der Waals surface area contributed by atoms with Gasteiger partial charge in [0.1, 0.15) is 5.82 Å². The van der Waals surface area contributed by atoms with Crippen molar-refractivity contribution >= 4 is 21.6 Å². The Labute approximate surface area is 158 Å². The van der Waals surface area contributed by atoms with E-state index in [1.807, 2.05) is 7.05 Å². The van der Waals surface area contributed by atoms with Gasteiger partial charge in [0.25, 0.3) is 15.9 Å². The van der Waals surface area contributed by atoms with Crippen LogP contribution in [0.25, 0.3) is 0 Å². The Morgan fingerprint density at radius 3 is 2.41 bits per heavy atom. The van der Waals surface area contributed by atoms with Gasteiger partial charge in [-0.25, -0.2) is 12.8 Å². The number of rotatable bonds is 5. The molecule has 8 heteroatoms. The number of likely N-dealkylation sites (tertiary alicyclic amines) is 1. The third kappa shape index (κ3) is 4.64. The van der Waals surface area contributed by atoms with E-state index >= 15 is 0 Å². The van der Waals surface area contributed by atoms with Gasteiger partial charge >= 0.3 is 0 Å². The van der Waals surface area contributed by atoms with Crippen LogP contribution < -0.4 is 10.0 Å². The van der Waals surface area contributed by atoms with E-state index < -0.39 is 15.8 Å². The number of hydrogen-bond acceptors (Lipinski definition) is 4. The van der Waals surface area contributed by atoms with Crippen molar-refractivity contribution in [2.75, 3.05) is 24.9 Å². The highest BCUT2D eigenvalue weighted by Crippen LogP contribution is 2.20. The van der Waals surface area contributed by atoms with Crippen LogP contribution in [0.15, 0.2) is 53.4 Å². The quantitative estimate of drug-likeness (QED) is 0.821. The molecule has 2 aromatic carbocycles. The molecular formula is C19H22FN3O3S. The number of nitrogens with zero attached hydrogens (tertiary/aromatic N) is 1. The van der Waals surface area contributed by atoms with E-state index in [4.69, 9.17) is 0 Å². The second-order valence-corrected chi connectivity index (χ2v) is 8.18. The number of hydrogen-bond donors (Lipinski definition) is 2. The molecule has 27 heavy (non-hydrogen) atoms. The van der Waals surface area contributed by atoms with Crippen molar-refractivity contribution in [3.8, 4) is 0 Å². The average Bonchev–Trinajstić information content (AvgIpc) is 2.69. The summed E-state index contributed by atoms with van der Waals surface area (Å²) in [6.45, 7) is 1.27. The molecule has 1 saturated heterocycles. The van der Waals surface area contributed by atoms with Gasteiger partial charge in [0, 0.05) is 30.4 Å². The predicted molar refractivity (Wildman–Crippen MR) is 102 cm³/mol. The molecule has 0 bridgehead atoms. The lowest BCUT2D eigenvalue weighted by molar-refractivity contribution is 0.0707. The molecule has 3 rings (SSSR count). The van der Waals surface area contributed by atoms with E-state index in [0.717, 1.165) is 12.8 Å². The number of nitrogens with one attached hydrogen (secondary N) is 2. The third-order valence-electron chi connectivity index (χ3n) is 4.68. The van der Waals surface area contributed by atoms with Crippen LogP contribution in [0.1, 0.15) is 23.2 Å². The topological polar surface area (TPSA) is 78.5 Å². The Hall–Kier alpha value is -2.45. The van der Waals surface area contributed by atoms with E-state index in [1.165, 1.54) is 36.4 Å². The van der Waals surface area contributed by atoms with Crippen LogP contribution in [0.2, 0.25) is 0 Å². The van der Waals surface area contributed by atoms with Crippen molar-refractivity contribution in [1.29, 1.82) is 0 Å². The molecule has 0 atom stereocenters. The summed E-state index contributed by atoms with van der Waals surface area (Å²) >= 11 is 0. The van der Waals surface area contributed by atoms with Gasteiger partial charge in [0.15, 0.2) is 0 Å². The lowest BCUT2D eigenvalue weighted by Gasteiger charge is -2.31. The zero-order valence-corrected chi connectivity index (χ0v) is 15.8. The van der Waals surface area contributed by atoms with Crippen molar-refractivity contribution in [2.24, 2.45) is 0 Å². The first-order valence-electron chi connectivity index (χ1n) is 8.74. The number of sulfonamides is 1. The van der Waals surface area contributed by atoms with Crippen LogP contribution in [0.3, 0.4) is 0 Å². The first-order chi connectivity index (χ1) is 12.9. The number of carbonyl (C=O) groups excluding carboxylic acids is 1. The zero-order valence-electron chi connectivity index (χ0n) is 15.0. The maximum Gasteiger partial charge on any atom is 0.261 e. The molecule has 0 saturated carbocycles. The summed E-state index contributed by atoms with van der Waals surface area (Å²) in [5.74, 6) is -0.629. The van der Waals surface area contributed by atoms with Gasteiger partial charge < -0.3 is 10.2 Å². The Morgan fingerprint density at radius 2 is 1.78 bits per heavy atom. The molecule has 1 aliphatic rings. The highest BCUT2D eigenvalue weighted by molar-refractivity contribution is 7.92. The summed E-state index contributed by atoms with van der Waals surface area (Å²) in [5, 5.41) is 3.21. The Morgan fingerprint density at radius 1 is 1.11 bits per heavy atom. The minimum atomic E-state index is -3.88. The fourth-order valence-electron chi connectivity index (χ4n) is 3.08. The summed E-state index contributed by atoms with van der Waals surface area (Å²) < 4.78 is 40.5. The maximum absolute atomic E-state index is 13.0. The van der Waals surface area contributed by atoms with Crippen molar-refractivity contribution < 1.29 is 17.6 Å². The van der Waals surface area contributed by atoms with E-state index in [0.29, 0.717) is 24.7 Å². The highest BCUT2D eigenvalue weighted by atomic mass is 32.2. The van der Waals surface area contributed by atoms with Gasteiger partial charge in [-0.1, -0.05) is 6.07 Å². The summed E-state index contributed by atoms with van der Waals surface area (Å²) in [6, 6.07) is 11.4. The van der Waals surface area contributed by atoms with Crippen LogP contribution in [-0.2, 0) is 10.0 Å². The number of halogens is 1. The Kier molecular flexibility index (Phi) is 5.76. The van der Waals surface area contributed by atoms with Crippen molar-refractivity contribution in [3.63, 3.8) is 0 Å². The van der Waals surface area contributed by atoms with Gasteiger partial charge in [-0.05, 0) is 62.4 Å². The first-order valence-corrected chi connectivity index (χ1v) is 10.2. The Bertz CT molecular complexity index is 908. The average molecular weight is 391 g/mol. The molecule has 144 valence electrons. The smallest absolute Gasteiger partial charge is 0.261 e. The molecule has 6 nitrogen and oxygen atoms in total. The van der Waals surface area contributed by atoms with Crippen molar-refractivity contribution in [3.05, 3.63) is 59.9 Å². The number of benzene rings is 2. The largest absolute Gasteiger partial charge is 0.339 e. The SMILES string of the molecule is CNC1CCN(C(=O)c2cccc(S(=O)(=O)Nc3ccc(F)cc3)c2)CC1. The van der Waals surface area contributed by atoms with Crippen molar-refractivity contribution in [2.45, 2.75) is 23.8 Å². The molecule has 0 aliphatic carbocycles. The molecule has 1 heterocycles. The highest BCUT2D eigenvalue weighted by Gasteiger charge is 2.24. The number of anilines is 1. The molecule has 0 aromatic heterocycles. The van der Waals surface area contributed by atoms with Gasteiger partial charge in [0.05, 0.1) is 4.90 Å². The molecule has 2 aromatic rings. The lowest BCUT2D eigenvalue weighted by Crippen LogP contribution is -2.44. The zero-order chi connectivity index (χ0) is 19.4. The number of amides is 1. The normalized spacial score (nSPS) is 15.6. The van der Waals surface area contributed by atoms with Crippen molar-refractivity contribution in [1.82, 2.24) is 10.2 Å². The molecule has 1 amide bonds. The summed E-state index contributed by atoms with van der Waals surface area (Å²) in [6.07, 6.45) is 1.73. The molecule has 1 aliphatic heterocycles. The first kappa shape index (κ1) is 19.3. The van der Waals surface area contributed by atoms with E-state index in [-0.39, 0.29) is 16.5 Å². The second-order valence-electron chi connectivity index (χ2n) is 6.50. The van der Waals surface area contributed by atoms with E-state index in [1.54, 1.807) is 17.0 Å². The van der Waals surface area contributed by atoms with Crippen LogP contribution >= 0.6 is 0 Å². The van der Waals surface area contributed by atoms with E-state index in [9.17, 15) is 17.6 Å². The summed E-state index contributed by atoms with van der Waals surface area (Å²) in [7, 11) is -1.97. The molecule has 0 radical (unpaired) electrons. The fourth-order valence-corrected chi connectivity index (χ4v) is 4.19. The van der Waals surface area contributed by atoms with Gasteiger partial charge in [-0.15, -0.1) is 0 Å². The Balaban J connectivity index is 1.76. The van der Waals surface area contributed by atoms with Crippen LogP contribution in [0.5, 0.6) is 0 Å². The van der Waals surface area contributed by atoms with Gasteiger partial charge in [-0.2, -0.15) is 0 Å². The van der Waals surface area contributed by atoms with Gasteiger partial charge in [-0.3, -0.25) is 9.52 Å².